The van der Waals surface area contributed by atoms with E-state index in [1.54, 1.807) is 17.6 Å². The van der Waals surface area contributed by atoms with E-state index < -0.39 is 5.41 Å². The smallest absolute Gasteiger partial charge is 0.330 e. The Labute approximate surface area is 200 Å². The normalized spacial score (nSPS) is 15.2. The fourth-order valence-corrected chi connectivity index (χ4v) is 3.81. The molecule has 1 N–H and O–H groups in total. The Kier molecular flexibility index (Phi) is 7.12. The van der Waals surface area contributed by atoms with Crippen LogP contribution in [0.5, 0.6) is 0 Å². The highest BCUT2D eigenvalue weighted by Crippen LogP contribution is 2.24. The van der Waals surface area contributed by atoms with Crippen molar-refractivity contribution in [2.45, 2.75) is 33.6 Å². The molecule has 3 heterocycles. The first-order chi connectivity index (χ1) is 16.3. The fraction of sp³-hybridized carbons (Fsp3) is 0.440. The summed E-state index contributed by atoms with van der Waals surface area (Å²) in [6, 6.07) is 11.9. The van der Waals surface area contributed by atoms with Gasteiger partial charge in [0.25, 0.3) is 0 Å². The predicted molar refractivity (Wildman–Crippen MR) is 132 cm³/mol. The molecular formula is C25H33N7O2. The number of carbonyl (C=O) groups excluding carboxylic acids is 1. The summed E-state index contributed by atoms with van der Waals surface area (Å²) < 4.78 is 1.82. The van der Waals surface area contributed by atoms with Crippen LogP contribution in [0, 0.1) is 11.3 Å². The molecule has 1 aliphatic heterocycles. The van der Waals surface area contributed by atoms with Crippen molar-refractivity contribution in [3.8, 4) is 5.69 Å². The molecule has 0 saturated carbocycles. The molecule has 0 unspecified atom stereocenters. The molecule has 0 radical (unpaired) electrons. The van der Waals surface area contributed by atoms with Gasteiger partial charge in [0, 0.05) is 50.8 Å². The summed E-state index contributed by atoms with van der Waals surface area (Å²) >= 11 is 0. The molecule has 1 aliphatic rings. The molecule has 2 aromatic heterocycles. The first-order valence-corrected chi connectivity index (χ1v) is 11.7. The Hall–Kier alpha value is -3.46. The van der Waals surface area contributed by atoms with E-state index in [4.69, 9.17) is 4.84 Å². The largest absolute Gasteiger partial charge is 0.367 e. The quantitative estimate of drug-likeness (QED) is 0.561. The molecule has 3 aromatic rings. The number of rotatable bonds is 7. The monoisotopic (exact) mass is 463 g/mol. The van der Waals surface area contributed by atoms with Crippen LogP contribution in [-0.2, 0) is 9.63 Å². The molecule has 0 spiro atoms. The van der Waals surface area contributed by atoms with Gasteiger partial charge in [-0.3, -0.25) is 0 Å². The highest BCUT2D eigenvalue weighted by atomic mass is 16.7. The van der Waals surface area contributed by atoms with Crippen LogP contribution in [0.1, 0.15) is 33.6 Å². The maximum atomic E-state index is 12.1. The third kappa shape index (κ3) is 6.11. The number of anilines is 3. The maximum Gasteiger partial charge on any atom is 0.330 e. The molecule has 1 fully saturated rings. The van der Waals surface area contributed by atoms with Crippen LogP contribution in [0.4, 0.5) is 17.3 Å². The summed E-state index contributed by atoms with van der Waals surface area (Å²) in [5.74, 6) is 1.94. The van der Waals surface area contributed by atoms with Gasteiger partial charge in [0.15, 0.2) is 0 Å². The minimum absolute atomic E-state index is 0.180. The van der Waals surface area contributed by atoms with Crippen molar-refractivity contribution in [3.63, 3.8) is 0 Å². The molecular weight excluding hydrogens is 430 g/mol. The van der Waals surface area contributed by atoms with Gasteiger partial charge in [-0.15, -0.1) is 5.06 Å². The highest BCUT2D eigenvalue weighted by Gasteiger charge is 2.28. The summed E-state index contributed by atoms with van der Waals surface area (Å²) in [4.78, 5) is 28.6. The van der Waals surface area contributed by atoms with Gasteiger partial charge in [-0.25, -0.2) is 19.4 Å². The van der Waals surface area contributed by atoms with Crippen LogP contribution >= 0.6 is 0 Å². The van der Waals surface area contributed by atoms with Gasteiger partial charge < -0.3 is 15.1 Å². The standard InChI is InChI=1S/C25H33N7O2/c1-25(2,3)24(33)34-31-14-10-19(11-15-31)17-30(4)23-16-22(26-18-27-23)29-20-6-8-21(9-7-20)32-13-5-12-28-32/h5-9,12-13,16,18-19H,10-11,14-15,17H2,1-4H3,(H,26,27,29). The molecule has 0 atom stereocenters. The number of benzene rings is 1. The van der Waals surface area contributed by atoms with Crippen molar-refractivity contribution in [2.24, 2.45) is 11.3 Å². The average molecular weight is 464 g/mol. The van der Waals surface area contributed by atoms with E-state index in [-0.39, 0.29) is 5.97 Å². The molecule has 1 aromatic carbocycles. The minimum Gasteiger partial charge on any atom is -0.367 e. The van der Waals surface area contributed by atoms with Crippen molar-refractivity contribution < 1.29 is 9.63 Å². The summed E-state index contributed by atoms with van der Waals surface area (Å²) in [5, 5.41) is 9.40. The summed E-state index contributed by atoms with van der Waals surface area (Å²) in [5.41, 5.74) is 1.45. The Bertz CT molecular complexity index is 1070. The number of nitrogens with zero attached hydrogens (tertiary/aromatic N) is 6. The molecule has 0 aliphatic carbocycles. The van der Waals surface area contributed by atoms with Crippen LogP contribution in [0.3, 0.4) is 0 Å². The second-order valence-electron chi connectivity index (χ2n) is 9.77. The van der Waals surface area contributed by atoms with Gasteiger partial charge >= 0.3 is 5.97 Å². The van der Waals surface area contributed by atoms with E-state index in [0.29, 0.717) is 5.92 Å². The molecule has 1 saturated heterocycles. The van der Waals surface area contributed by atoms with Gasteiger partial charge in [-0.05, 0) is 69.9 Å². The van der Waals surface area contributed by atoms with Crippen molar-refractivity contribution in [1.29, 1.82) is 0 Å². The topological polar surface area (TPSA) is 88.4 Å². The van der Waals surface area contributed by atoms with E-state index in [1.807, 2.05) is 68.0 Å². The highest BCUT2D eigenvalue weighted by molar-refractivity contribution is 5.75. The van der Waals surface area contributed by atoms with Gasteiger partial charge in [0.2, 0.25) is 0 Å². The zero-order valence-electron chi connectivity index (χ0n) is 20.3. The van der Waals surface area contributed by atoms with E-state index in [9.17, 15) is 4.79 Å². The number of hydrogen-bond acceptors (Lipinski definition) is 8. The Balaban J connectivity index is 1.29. The Morgan fingerprint density at radius 3 is 2.56 bits per heavy atom. The number of nitrogens with one attached hydrogen (secondary N) is 1. The lowest BCUT2D eigenvalue weighted by Crippen LogP contribution is -2.41. The minimum atomic E-state index is -0.488. The second kappa shape index (κ2) is 10.2. The molecule has 180 valence electrons. The second-order valence-corrected chi connectivity index (χ2v) is 9.77. The lowest BCUT2D eigenvalue weighted by atomic mass is 9.97. The third-order valence-electron chi connectivity index (χ3n) is 5.88. The lowest BCUT2D eigenvalue weighted by molar-refractivity contribution is -0.205. The van der Waals surface area contributed by atoms with Crippen molar-refractivity contribution in [3.05, 3.63) is 55.1 Å². The lowest BCUT2D eigenvalue weighted by Gasteiger charge is -2.34. The summed E-state index contributed by atoms with van der Waals surface area (Å²) in [6.07, 6.45) is 7.20. The Morgan fingerprint density at radius 2 is 1.91 bits per heavy atom. The van der Waals surface area contributed by atoms with E-state index >= 15 is 0 Å². The molecule has 0 amide bonds. The van der Waals surface area contributed by atoms with Crippen LogP contribution < -0.4 is 10.2 Å². The number of piperidine rings is 1. The summed E-state index contributed by atoms with van der Waals surface area (Å²) in [7, 11) is 2.05. The molecule has 9 nitrogen and oxygen atoms in total. The number of hydrogen-bond donors (Lipinski definition) is 1. The van der Waals surface area contributed by atoms with Gasteiger partial charge in [-0.2, -0.15) is 5.10 Å². The molecule has 4 rings (SSSR count). The Morgan fingerprint density at radius 1 is 1.18 bits per heavy atom. The molecule has 9 heteroatoms. The van der Waals surface area contributed by atoms with E-state index in [2.05, 4.69) is 32.3 Å². The number of carbonyl (C=O) groups is 1. The fourth-order valence-electron chi connectivity index (χ4n) is 3.81. The van der Waals surface area contributed by atoms with Gasteiger partial charge in [-0.1, -0.05) is 0 Å². The van der Waals surface area contributed by atoms with Crippen molar-refractivity contribution in [2.75, 3.05) is 36.9 Å². The van der Waals surface area contributed by atoms with Crippen LogP contribution in [-0.4, -0.2) is 57.5 Å². The summed E-state index contributed by atoms with van der Waals surface area (Å²) in [6.45, 7) is 8.02. The van der Waals surface area contributed by atoms with Crippen LogP contribution in [0.15, 0.2) is 55.1 Å². The van der Waals surface area contributed by atoms with E-state index in [1.165, 1.54) is 0 Å². The van der Waals surface area contributed by atoms with Gasteiger partial charge in [0.05, 0.1) is 11.1 Å². The SMILES string of the molecule is CN(CC1CCN(OC(=O)C(C)(C)C)CC1)c1cc(Nc2ccc(-n3cccn3)cc2)ncn1. The zero-order chi connectivity index (χ0) is 24.1. The van der Waals surface area contributed by atoms with Crippen molar-refractivity contribution in [1.82, 2.24) is 24.8 Å². The average Bonchev–Trinajstić information content (AvgIpc) is 3.35. The first-order valence-electron chi connectivity index (χ1n) is 11.7. The predicted octanol–water partition coefficient (Wildman–Crippen LogP) is 4.06. The van der Waals surface area contributed by atoms with Crippen LogP contribution in [0.2, 0.25) is 0 Å². The number of aromatic nitrogens is 4. The molecule has 34 heavy (non-hydrogen) atoms. The number of hydroxylamine groups is 2. The molecule has 0 bridgehead atoms. The van der Waals surface area contributed by atoms with Crippen molar-refractivity contribution >= 4 is 23.3 Å². The van der Waals surface area contributed by atoms with Gasteiger partial charge in [0.1, 0.15) is 18.0 Å². The van der Waals surface area contributed by atoms with E-state index in [0.717, 1.165) is 55.5 Å². The zero-order valence-corrected chi connectivity index (χ0v) is 20.3. The maximum absolute atomic E-state index is 12.1. The van der Waals surface area contributed by atoms with Crippen LogP contribution in [0.25, 0.3) is 5.69 Å². The third-order valence-corrected chi connectivity index (χ3v) is 5.88. The first kappa shape index (κ1) is 23.7.